The summed E-state index contributed by atoms with van der Waals surface area (Å²) in [7, 11) is 2.03. The molecule has 3 aromatic rings. The lowest BCUT2D eigenvalue weighted by atomic mass is 10.1. The number of aromatic nitrogens is 3. The van der Waals surface area contributed by atoms with Crippen LogP contribution in [0.25, 0.3) is 22.3 Å². The summed E-state index contributed by atoms with van der Waals surface area (Å²) in [5.41, 5.74) is 8.77. The third-order valence-corrected chi connectivity index (χ3v) is 3.27. The van der Waals surface area contributed by atoms with Gasteiger partial charge in [-0.1, -0.05) is 23.4 Å². The van der Waals surface area contributed by atoms with E-state index in [1.54, 1.807) is 0 Å². The van der Waals surface area contributed by atoms with Gasteiger partial charge in [0.15, 0.2) is 0 Å². The van der Waals surface area contributed by atoms with Gasteiger partial charge in [0.1, 0.15) is 0 Å². The fourth-order valence-corrected chi connectivity index (χ4v) is 2.24. The van der Waals surface area contributed by atoms with Crippen molar-refractivity contribution in [2.24, 2.45) is 12.8 Å². The zero-order valence-corrected chi connectivity index (χ0v) is 10.3. The monoisotopic (exact) mass is 242 g/mol. The smallest absolute Gasteiger partial charge is 0.240 e. The number of fused-ring (bicyclic) bond motifs is 1. The van der Waals surface area contributed by atoms with Crippen LogP contribution in [0.1, 0.15) is 11.6 Å². The number of para-hydroxylation sites is 1. The summed E-state index contributed by atoms with van der Waals surface area (Å²) in [6.07, 6.45) is 0. The van der Waals surface area contributed by atoms with E-state index in [2.05, 4.69) is 26.8 Å². The van der Waals surface area contributed by atoms with Gasteiger partial charge < -0.3 is 14.8 Å². The van der Waals surface area contributed by atoms with Gasteiger partial charge in [-0.3, -0.25) is 0 Å². The van der Waals surface area contributed by atoms with Crippen LogP contribution in [-0.4, -0.2) is 14.7 Å². The third-order valence-electron chi connectivity index (χ3n) is 3.27. The molecule has 0 aliphatic carbocycles. The van der Waals surface area contributed by atoms with E-state index in [1.807, 2.05) is 26.1 Å². The van der Waals surface area contributed by atoms with Crippen LogP contribution >= 0.6 is 0 Å². The molecule has 3 rings (SSSR count). The van der Waals surface area contributed by atoms with Crippen molar-refractivity contribution >= 4 is 10.9 Å². The Morgan fingerprint density at radius 2 is 2.11 bits per heavy atom. The molecule has 2 aromatic heterocycles. The Bertz CT molecular complexity index is 711. The number of aryl methyl sites for hydroxylation is 1. The molecule has 0 aliphatic heterocycles. The SMILES string of the molecule is Cc1c(-c2noc(CN)n2)c2ccccc2n1C. The summed E-state index contributed by atoms with van der Waals surface area (Å²) in [5.74, 6) is 1.06. The van der Waals surface area contributed by atoms with Crippen molar-refractivity contribution in [3.63, 3.8) is 0 Å². The normalized spacial score (nSPS) is 11.3. The molecule has 2 heterocycles. The van der Waals surface area contributed by atoms with Crippen LogP contribution in [0.2, 0.25) is 0 Å². The second-order valence-corrected chi connectivity index (χ2v) is 4.25. The van der Waals surface area contributed by atoms with E-state index < -0.39 is 0 Å². The van der Waals surface area contributed by atoms with Gasteiger partial charge in [-0.2, -0.15) is 4.98 Å². The summed E-state index contributed by atoms with van der Waals surface area (Å²) in [6, 6.07) is 8.17. The molecule has 0 unspecified atom stereocenters. The van der Waals surface area contributed by atoms with Crippen LogP contribution in [0.3, 0.4) is 0 Å². The molecular weight excluding hydrogens is 228 g/mol. The van der Waals surface area contributed by atoms with Gasteiger partial charge in [-0.05, 0) is 13.0 Å². The first-order valence-electron chi connectivity index (χ1n) is 5.79. The molecular formula is C13H14N4O. The molecule has 5 nitrogen and oxygen atoms in total. The van der Waals surface area contributed by atoms with Crippen LogP contribution in [0.5, 0.6) is 0 Å². The van der Waals surface area contributed by atoms with Gasteiger partial charge in [0.2, 0.25) is 11.7 Å². The molecule has 0 aliphatic rings. The largest absolute Gasteiger partial charge is 0.347 e. The van der Waals surface area contributed by atoms with E-state index in [0.29, 0.717) is 11.7 Å². The predicted octanol–water partition coefficient (Wildman–Crippen LogP) is 2.00. The Hall–Kier alpha value is -2.14. The van der Waals surface area contributed by atoms with Crippen molar-refractivity contribution in [2.75, 3.05) is 0 Å². The summed E-state index contributed by atoms with van der Waals surface area (Å²) >= 11 is 0. The minimum Gasteiger partial charge on any atom is -0.347 e. The first-order chi connectivity index (χ1) is 8.72. The van der Waals surface area contributed by atoms with E-state index in [0.717, 1.165) is 22.2 Å². The molecule has 0 bridgehead atoms. The van der Waals surface area contributed by atoms with Crippen LogP contribution in [0, 0.1) is 6.92 Å². The lowest BCUT2D eigenvalue weighted by Crippen LogP contribution is -1.96. The molecule has 92 valence electrons. The maximum absolute atomic E-state index is 5.50. The molecule has 5 heteroatoms. The van der Waals surface area contributed by atoms with E-state index in [-0.39, 0.29) is 6.54 Å². The van der Waals surface area contributed by atoms with E-state index >= 15 is 0 Å². The molecule has 0 spiro atoms. The van der Waals surface area contributed by atoms with E-state index in [4.69, 9.17) is 10.3 Å². The van der Waals surface area contributed by atoms with Crippen molar-refractivity contribution in [3.05, 3.63) is 35.9 Å². The Morgan fingerprint density at radius 3 is 2.83 bits per heavy atom. The average Bonchev–Trinajstić information content (AvgIpc) is 2.95. The molecule has 0 radical (unpaired) electrons. The quantitative estimate of drug-likeness (QED) is 0.746. The number of hydrogen-bond donors (Lipinski definition) is 1. The Balaban J connectivity index is 2.31. The zero-order chi connectivity index (χ0) is 12.7. The second-order valence-electron chi connectivity index (χ2n) is 4.25. The fourth-order valence-electron chi connectivity index (χ4n) is 2.24. The molecule has 0 saturated heterocycles. The standard InChI is InChI=1S/C13H14N4O/c1-8-12(13-15-11(7-14)18-16-13)9-5-3-4-6-10(9)17(8)2/h3-6H,7,14H2,1-2H3. The molecule has 0 atom stereocenters. The number of rotatable bonds is 2. The van der Waals surface area contributed by atoms with Gasteiger partial charge in [-0.25, -0.2) is 0 Å². The number of hydrogen-bond acceptors (Lipinski definition) is 4. The Kier molecular flexibility index (Phi) is 2.41. The van der Waals surface area contributed by atoms with Crippen LogP contribution in [-0.2, 0) is 13.6 Å². The molecule has 0 fully saturated rings. The van der Waals surface area contributed by atoms with Crippen LogP contribution in [0.15, 0.2) is 28.8 Å². The van der Waals surface area contributed by atoms with Crippen LogP contribution < -0.4 is 5.73 Å². The van der Waals surface area contributed by atoms with Crippen molar-refractivity contribution in [3.8, 4) is 11.4 Å². The first-order valence-corrected chi connectivity index (χ1v) is 5.79. The molecule has 2 N–H and O–H groups in total. The fraction of sp³-hybridized carbons (Fsp3) is 0.231. The van der Waals surface area contributed by atoms with Crippen molar-refractivity contribution < 1.29 is 4.52 Å². The lowest BCUT2D eigenvalue weighted by Gasteiger charge is -1.97. The van der Waals surface area contributed by atoms with Crippen LogP contribution in [0.4, 0.5) is 0 Å². The Labute approximate surface area is 104 Å². The second kappa shape index (κ2) is 3.96. The minimum absolute atomic E-state index is 0.261. The van der Waals surface area contributed by atoms with E-state index in [9.17, 15) is 0 Å². The van der Waals surface area contributed by atoms with Gasteiger partial charge >= 0.3 is 0 Å². The topological polar surface area (TPSA) is 69.9 Å². The highest BCUT2D eigenvalue weighted by Gasteiger charge is 2.17. The summed E-state index contributed by atoms with van der Waals surface area (Å²) in [4.78, 5) is 4.31. The minimum atomic E-state index is 0.261. The number of benzene rings is 1. The van der Waals surface area contributed by atoms with Gasteiger partial charge in [-0.15, -0.1) is 0 Å². The van der Waals surface area contributed by atoms with E-state index in [1.165, 1.54) is 0 Å². The maximum atomic E-state index is 5.50. The highest BCUT2D eigenvalue weighted by atomic mass is 16.5. The summed E-state index contributed by atoms with van der Waals surface area (Å²) in [5, 5.41) is 5.13. The third kappa shape index (κ3) is 1.44. The van der Waals surface area contributed by atoms with Crippen molar-refractivity contribution in [2.45, 2.75) is 13.5 Å². The Morgan fingerprint density at radius 1 is 1.33 bits per heavy atom. The molecule has 0 saturated carbocycles. The highest BCUT2D eigenvalue weighted by Crippen LogP contribution is 2.31. The molecule has 1 aromatic carbocycles. The first kappa shape index (κ1) is 11.0. The summed E-state index contributed by atoms with van der Waals surface area (Å²) in [6.45, 7) is 2.31. The van der Waals surface area contributed by atoms with Crippen molar-refractivity contribution in [1.82, 2.24) is 14.7 Å². The van der Waals surface area contributed by atoms with Gasteiger partial charge in [0.05, 0.1) is 12.1 Å². The zero-order valence-electron chi connectivity index (χ0n) is 10.3. The predicted molar refractivity (Wildman–Crippen MR) is 68.8 cm³/mol. The summed E-state index contributed by atoms with van der Waals surface area (Å²) < 4.78 is 7.21. The van der Waals surface area contributed by atoms with Crippen molar-refractivity contribution in [1.29, 1.82) is 0 Å². The highest BCUT2D eigenvalue weighted by molar-refractivity contribution is 5.96. The van der Waals surface area contributed by atoms with Gasteiger partial charge in [0.25, 0.3) is 0 Å². The molecule has 0 amide bonds. The maximum Gasteiger partial charge on any atom is 0.240 e. The molecule has 18 heavy (non-hydrogen) atoms. The lowest BCUT2D eigenvalue weighted by molar-refractivity contribution is 0.380. The average molecular weight is 242 g/mol. The number of nitrogens with two attached hydrogens (primary N) is 1. The van der Waals surface area contributed by atoms with Gasteiger partial charge in [0, 0.05) is 23.6 Å². The number of nitrogens with zero attached hydrogens (tertiary/aromatic N) is 3.